The van der Waals surface area contributed by atoms with Gasteiger partial charge in [0.05, 0.1) is 0 Å². The fraction of sp³-hybridized carbons (Fsp3) is 0.647. The van der Waals surface area contributed by atoms with Crippen molar-refractivity contribution in [3.63, 3.8) is 0 Å². The molecule has 0 aliphatic heterocycles. The largest absolute Gasteiger partial charge is 0.388 e. The molecule has 1 saturated carbocycles. The standard InChI is InChI=1S/C17H28N2/c1-18-17-10-8-16(9-11-17)14-19(2)13-12-15-6-4-3-5-7-15/h8-11,15,18H,3-7,12-14H2,1-2H3. The summed E-state index contributed by atoms with van der Waals surface area (Å²) in [4.78, 5) is 2.46. The van der Waals surface area contributed by atoms with Crippen LogP contribution in [0, 0.1) is 5.92 Å². The topological polar surface area (TPSA) is 15.3 Å². The summed E-state index contributed by atoms with van der Waals surface area (Å²) in [6.45, 7) is 2.30. The molecule has 1 aromatic carbocycles. The zero-order valence-electron chi connectivity index (χ0n) is 12.5. The molecule has 106 valence electrons. The van der Waals surface area contributed by atoms with E-state index in [4.69, 9.17) is 0 Å². The lowest BCUT2D eigenvalue weighted by molar-refractivity contribution is 0.260. The summed E-state index contributed by atoms with van der Waals surface area (Å²) >= 11 is 0. The van der Waals surface area contributed by atoms with E-state index < -0.39 is 0 Å². The summed E-state index contributed by atoms with van der Waals surface area (Å²) in [6.07, 6.45) is 8.68. The van der Waals surface area contributed by atoms with Gasteiger partial charge >= 0.3 is 0 Å². The van der Waals surface area contributed by atoms with E-state index in [1.54, 1.807) is 0 Å². The van der Waals surface area contributed by atoms with Crippen LogP contribution in [0.25, 0.3) is 0 Å². The first kappa shape index (κ1) is 14.4. The van der Waals surface area contributed by atoms with E-state index in [0.717, 1.165) is 12.5 Å². The van der Waals surface area contributed by atoms with Crippen molar-refractivity contribution in [1.82, 2.24) is 4.90 Å². The van der Waals surface area contributed by atoms with Gasteiger partial charge in [-0.1, -0.05) is 44.2 Å². The Morgan fingerprint density at radius 3 is 2.42 bits per heavy atom. The molecule has 1 fully saturated rings. The van der Waals surface area contributed by atoms with Crippen LogP contribution in [-0.2, 0) is 6.54 Å². The van der Waals surface area contributed by atoms with Crippen LogP contribution in [0.3, 0.4) is 0 Å². The summed E-state index contributed by atoms with van der Waals surface area (Å²) in [7, 11) is 4.21. The maximum Gasteiger partial charge on any atom is 0.0337 e. The van der Waals surface area contributed by atoms with Crippen LogP contribution < -0.4 is 5.32 Å². The first-order chi connectivity index (χ1) is 9.28. The molecule has 0 saturated heterocycles. The molecule has 0 amide bonds. The molecule has 1 aliphatic carbocycles. The van der Waals surface area contributed by atoms with Crippen LogP contribution in [0.1, 0.15) is 44.1 Å². The predicted molar refractivity (Wildman–Crippen MR) is 83.5 cm³/mol. The average Bonchev–Trinajstić information content (AvgIpc) is 2.47. The number of hydrogen-bond acceptors (Lipinski definition) is 2. The van der Waals surface area contributed by atoms with Crippen molar-refractivity contribution in [2.24, 2.45) is 5.92 Å². The molecule has 19 heavy (non-hydrogen) atoms. The third kappa shape index (κ3) is 4.87. The van der Waals surface area contributed by atoms with E-state index in [1.807, 2.05) is 7.05 Å². The van der Waals surface area contributed by atoms with E-state index in [2.05, 4.69) is 41.5 Å². The quantitative estimate of drug-likeness (QED) is 0.827. The third-order valence-electron chi connectivity index (χ3n) is 4.34. The molecule has 1 N–H and O–H groups in total. The van der Waals surface area contributed by atoms with E-state index >= 15 is 0 Å². The number of hydrogen-bond donors (Lipinski definition) is 1. The Labute approximate surface area is 118 Å². The fourth-order valence-corrected chi connectivity index (χ4v) is 3.05. The predicted octanol–water partition coefficient (Wildman–Crippen LogP) is 4.13. The van der Waals surface area contributed by atoms with Gasteiger partial charge in [0.1, 0.15) is 0 Å². The second kappa shape index (κ2) is 7.54. The van der Waals surface area contributed by atoms with Crippen molar-refractivity contribution in [2.45, 2.75) is 45.1 Å². The smallest absolute Gasteiger partial charge is 0.0337 e. The Balaban J connectivity index is 1.71. The first-order valence-corrected chi connectivity index (χ1v) is 7.73. The summed E-state index contributed by atoms with van der Waals surface area (Å²) in [5, 5.41) is 3.16. The van der Waals surface area contributed by atoms with Crippen molar-refractivity contribution in [3.05, 3.63) is 29.8 Å². The van der Waals surface area contributed by atoms with E-state index in [-0.39, 0.29) is 0 Å². The minimum Gasteiger partial charge on any atom is -0.388 e. The molecule has 0 aromatic heterocycles. The highest BCUT2D eigenvalue weighted by atomic mass is 15.1. The summed E-state index contributed by atoms with van der Waals surface area (Å²) in [6, 6.07) is 8.76. The van der Waals surface area contributed by atoms with Crippen molar-refractivity contribution in [1.29, 1.82) is 0 Å². The molecule has 1 aromatic rings. The van der Waals surface area contributed by atoms with Gasteiger partial charge in [-0.3, -0.25) is 0 Å². The van der Waals surface area contributed by atoms with Gasteiger partial charge in [-0.05, 0) is 43.6 Å². The summed E-state index contributed by atoms with van der Waals surface area (Å²) in [5.41, 5.74) is 2.60. The van der Waals surface area contributed by atoms with Crippen LogP contribution in [0.2, 0.25) is 0 Å². The Kier molecular flexibility index (Phi) is 5.71. The second-order valence-electron chi connectivity index (χ2n) is 5.98. The van der Waals surface area contributed by atoms with Crippen molar-refractivity contribution < 1.29 is 0 Å². The zero-order chi connectivity index (χ0) is 13.5. The van der Waals surface area contributed by atoms with Crippen molar-refractivity contribution >= 4 is 5.69 Å². The van der Waals surface area contributed by atoms with Crippen LogP contribution in [-0.4, -0.2) is 25.5 Å². The molecule has 2 rings (SSSR count). The van der Waals surface area contributed by atoms with E-state index in [1.165, 1.54) is 56.3 Å². The number of benzene rings is 1. The lowest BCUT2D eigenvalue weighted by atomic mass is 9.87. The first-order valence-electron chi connectivity index (χ1n) is 7.73. The van der Waals surface area contributed by atoms with Crippen molar-refractivity contribution in [2.75, 3.05) is 26.0 Å². The van der Waals surface area contributed by atoms with E-state index in [0.29, 0.717) is 0 Å². The Hall–Kier alpha value is -1.02. The van der Waals surface area contributed by atoms with Crippen LogP contribution >= 0.6 is 0 Å². The van der Waals surface area contributed by atoms with Gasteiger partial charge in [0.15, 0.2) is 0 Å². The second-order valence-corrected chi connectivity index (χ2v) is 5.98. The van der Waals surface area contributed by atoms with Gasteiger partial charge in [0, 0.05) is 19.3 Å². The maximum atomic E-state index is 3.16. The third-order valence-corrected chi connectivity index (χ3v) is 4.34. The van der Waals surface area contributed by atoms with Gasteiger partial charge in [-0.2, -0.15) is 0 Å². The number of rotatable bonds is 6. The highest BCUT2D eigenvalue weighted by molar-refractivity contribution is 5.43. The zero-order valence-corrected chi connectivity index (χ0v) is 12.5. The molecule has 0 bridgehead atoms. The molecule has 2 heteroatoms. The molecule has 0 atom stereocenters. The summed E-state index contributed by atoms with van der Waals surface area (Å²) < 4.78 is 0. The molecule has 0 heterocycles. The molecule has 1 aliphatic rings. The highest BCUT2D eigenvalue weighted by Crippen LogP contribution is 2.26. The number of nitrogens with zero attached hydrogens (tertiary/aromatic N) is 1. The fourth-order valence-electron chi connectivity index (χ4n) is 3.05. The number of nitrogens with one attached hydrogen (secondary N) is 1. The molecule has 0 spiro atoms. The Morgan fingerprint density at radius 2 is 1.79 bits per heavy atom. The van der Waals surface area contributed by atoms with Gasteiger partial charge < -0.3 is 10.2 Å². The lowest BCUT2D eigenvalue weighted by Crippen LogP contribution is -2.22. The SMILES string of the molecule is CNc1ccc(CN(C)CCC2CCCCC2)cc1. The Bertz CT molecular complexity index is 352. The molecule has 0 unspecified atom stereocenters. The minimum absolute atomic E-state index is 0.989. The normalized spacial score (nSPS) is 16.8. The average molecular weight is 260 g/mol. The van der Waals surface area contributed by atoms with Crippen molar-refractivity contribution in [3.8, 4) is 0 Å². The maximum absolute atomic E-state index is 3.16. The molecular formula is C17H28N2. The van der Waals surface area contributed by atoms with Crippen LogP contribution in [0.5, 0.6) is 0 Å². The van der Waals surface area contributed by atoms with Crippen LogP contribution in [0.15, 0.2) is 24.3 Å². The minimum atomic E-state index is 0.989. The summed E-state index contributed by atoms with van der Waals surface area (Å²) in [5.74, 6) is 0.989. The van der Waals surface area contributed by atoms with Crippen LogP contribution in [0.4, 0.5) is 5.69 Å². The van der Waals surface area contributed by atoms with Gasteiger partial charge in [0.25, 0.3) is 0 Å². The number of anilines is 1. The van der Waals surface area contributed by atoms with E-state index in [9.17, 15) is 0 Å². The van der Waals surface area contributed by atoms with Gasteiger partial charge in [-0.15, -0.1) is 0 Å². The Morgan fingerprint density at radius 1 is 1.11 bits per heavy atom. The molecule has 0 radical (unpaired) electrons. The molecule has 2 nitrogen and oxygen atoms in total. The van der Waals surface area contributed by atoms with Gasteiger partial charge in [0.2, 0.25) is 0 Å². The molecular weight excluding hydrogens is 232 g/mol. The lowest BCUT2D eigenvalue weighted by Gasteiger charge is -2.24. The highest BCUT2D eigenvalue weighted by Gasteiger charge is 2.13. The monoisotopic (exact) mass is 260 g/mol. The van der Waals surface area contributed by atoms with Gasteiger partial charge in [-0.25, -0.2) is 0 Å².